The minimum Gasteiger partial charge on any atom is -0.244 e. The smallest absolute Gasteiger partial charge is 0.244 e. The van der Waals surface area contributed by atoms with Gasteiger partial charge < -0.3 is 0 Å². The standard InChI is InChI=1S/C3H3N3O2/c1-6-2(7)4-5-3(6)8/h1H3. The highest BCUT2D eigenvalue weighted by Crippen LogP contribution is 2.01. The predicted octanol–water partition coefficient (Wildman–Crippen LogP) is 0.624. The number of azo groups is 1. The van der Waals surface area contributed by atoms with Crippen LogP contribution in [-0.2, 0) is 0 Å². The number of urea groups is 2. The maximum Gasteiger partial charge on any atom is 0.370 e. The van der Waals surface area contributed by atoms with Crippen LogP contribution in [0.4, 0.5) is 9.59 Å². The molecular formula is C3H3N3O2. The van der Waals surface area contributed by atoms with Gasteiger partial charge in [-0.05, 0) is 0 Å². The van der Waals surface area contributed by atoms with Crippen LogP contribution in [0.15, 0.2) is 10.2 Å². The van der Waals surface area contributed by atoms with E-state index in [0.717, 1.165) is 4.90 Å². The van der Waals surface area contributed by atoms with Crippen molar-refractivity contribution in [1.29, 1.82) is 0 Å². The van der Waals surface area contributed by atoms with Crippen LogP contribution in [0.5, 0.6) is 0 Å². The highest BCUT2D eigenvalue weighted by molar-refractivity contribution is 5.97. The molecule has 0 saturated carbocycles. The van der Waals surface area contributed by atoms with Gasteiger partial charge in [0.25, 0.3) is 0 Å². The number of rotatable bonds is 0. The van der Waals surface area contributed by atoms with Crippen molar-refractivity contribution in [2.24, 2.45) is 10.2 Å². The summed E-state index contributed by atoms with van der Waals surface area (Å²) in [6.07, 6.45) is 0. The number of carbonyl (C=O) groups is 2. The van der Waals surface area contributed by atoms with E-state index in [1.165, 1.54) is 7.05 Å². The Hall–Kier alpha value is -1.26. The Kier molecular flexibility index (Phi) is 0.831. The third-order valence-electron chi connectivity index (χ3n) is 0.795. The Balaban J connectivity index is 2.84. The van der Waals surface area contributed by atoms with Gasteiger partial charge in [-0.2, -0.15) is 0 Å². The summed E-state index contributed by atoms with van der Waals surface area (Å²) >= 11 is 0. The number of hydrogen-bond donors (Lipinski definition) is 0. The van der Waals surface area contributed by atoms with E-state index in [9.17, 15) is 9.59 Å². The summed E-state index contributed by atoms with van der Waals surface area (Å²) in [4.78, 5) is 21.3. The largest absolute Gasteiger partial charge is 0.370 e. The Bertz CT molecular complexity index is 155. The van der Waals surface area contributed by atoms with Gasteiger partial charge in [-0.3, -0.25) is 0 Å². The number of amides is 4. The van der Waals surface area contributed by atoms with Crippen molar-refractivity contribution < 1.29 is 9.59 Å². The first-order valence-corrected chi connectivity index (χ1v) is 1.95. The molecule has 0 radical (unpaired) electrons. The molecule has 0 aliphatic carbocycles. The van der Waals surface area contributed by atoms with Crippen molar-refractivity contribution in [3.05, 3.63) is 0 Å². The lowest BCUT2D eigenvalue weighted by molar-refractivity contribution is 0.214. The van der Waals surface area contributed by atoms with Crippen molar-refractivity contribution in [3.8, 4) is 0 Å². The van der Waals surface area contributed by atoms with Gasteiger partial charge in [0.2, 0.25) is 0 Å². The van der Waals surface area contributed by atoms with E-state index in [-0.39, 0.29) is 0 Å². The van der Waals surface area contributed by atoms with E-state index >= 15 is 0 Å². The Morgan fingerprint density at radius 3 is 1.75 bits per heavy atom. The molecule has 42 valence electrons. The van der Waals surface area contributed by atoms with Crippen LogP contribution in [0.1, 0.15) is 0 Å². The molecule has 0 N–H and O–H groups in total. The fraction of sp³-hybridized carbons (Fsp3) is 0.333. The third kappa shape index (κ3) is 0.481. The van der Waals surface area contributed by atoms with Gasteiger partial charge in [0, 0.05) is 7.05 Å². The molecule has 0 bridgehead atoms. The molecule has 8 heavy (non-hydrogen) atoms. The number of imide groups is 1. The summed E-state index contributed by atoms with van der Waals surface area (Å²) in [6.45, 7) is 0. The molecule has 0 fully saturated rings. The van der Waals surface area contributed by atoms with Crippen LogP contribution in [-0.4, -0.2) is 24.0 Å². The van der Waals surface area contributed by atoms with Gasteiger partial charge in [-0.25, -0.2) is 14.5 Å². The molecule has 0 atom stereocenters. The zero-order valence-electron chi connectivity index (χ0n) is 4.16. The minimum absolute atomic E-state index is 0.602. The molecule has 0 aromatic heterocycles. The van der Waals surface area contributed by atoms with Gasteiger partial charge in [0.05, 0.1) is 0 Å². The molecular weight excluding hydrogens is 110 g/mol. The molecule has 5 nitrogen and oxygen atoms in total. The lowest BCUT2D eigenvalue weighted by Crippen LogP contribution is -2.21. The normalized spacial score (nSPS) is 18.4. The summed E-state index contributed by atoms with van der Waals surface area (Å²) in [7, 11) is 1.32. The molecule has 0 spiro atoms. The zero-order valence-corrected chi connectivity index (χ0v) is 4.16. The van der Waals surface area contributed by atoms with E-state index < -0.39 is 12.1 Å². The average Bonchev–Trinajstić information content (AvgIpc) is 1.98. The van der Waals surface area contributed by atoms with Crippen molar-refractivity contribution in [1.82, 2.24) is 4.90 Å². The zero-order chi connectivity index (χ0) is 6.15. The first-order valence-electron chi connectivity index (χ1n) is 1.95. The van der Waals surface area contributed by atoms with Gasteiger partial charge in [-0.15, -0.1) is 0 Å². The van der Waals surface area contributed by atoms with Crippen molar-refractivity contribution in [2.45, 2.75) is 0 Å². The SMILES string of the molecule is CN1C(=O)N=NC1=O. The average molecular weight is 113 g/mol. The molecule has 0 unspecified atom stereocenters. The molecule has 0 saturated heterocycles. The van der Waals surface area contributed by atoms with Crippen LogP contribution in [0.3, 0.4) is 0 Å². The molecule has 0 aromatic rings. The van der Waals surface area contributed by atoms with E-state index in [2.05, 4.69) is 10.2 Å². The van der Waals surface area contributed by atoms with Crippen LogP contribution in [0.25, 0.3) is 0 Å². The summed E-state index contributed by atoms with van der Waals surface area (Å²) in [6, 6.07) is -1.20. The molecule has 4 amide bonds. The van der Waals surface area contributed by atoms with Crippen molar-refractivity contribution in [2.75, 3.05) is 7.05 Å². The molecule has 5 heteroatoms. The van der Waals surface area contributed by atoms with E-state index in [1.807, 2.05) is 0 Å². The Labute approximate surface area is 45.0 Å². The summed E-state index contributed by atoms with van der Waals surface area (Å²) in [5.41, 5.74) is 0. The second kappa shape index (κ2) is 1.36. The van der Waals surface area contributed by atoms with E-state index in [4.69, 9.17) is 0 Å². The van der Waals surface area contributed by atoms with Gasteiger partial charge in [-0.1, -0.05) is 10.2 Å². The first-order chi connectivity index (χ1) is 3.72. The first kappa shape index (κ1) is 4.89. The maximum absolute atomic E-state index is 10.2. The fourth-order valence-corrected chi connectivity index (χ4v) is 0.302. The quantitative estimate of drug-likeness (QED) is 0.462. The molecule has 0 aromatic carbocycles. The summed E-state index contributed by atoms with van der Waals surface area (Å²) in [5, 5.41) is 5.92. The van der Waals surface area contributed by atoms with Gasteiger partial charge in [0.15, 0.2) is 0 Å². The lowest BCUT2D eigenvalue weighted by atomic mass is 10.8. The van der Waals surface area contributed by atoms with Gasteiger partial charge in [0.1, 0.15) is 0 Å². The van der Waals surface area contributed by atoms with Crippen molar-refractivity contribution >= 4 is 12.1 Å². The number of carbonyl (C=O) groups excluding carboxylic acids is 2. The highest BCUT2D eigenvalue weighted by Gasteiger charge is 2.21. The number of nitrogens with zero attached hydrogens (tertiary/aromatic N) is 3. The Morgan fingerprint density at radius 1 is 1.25 bits per heavy atom. The highest BCUT2D eigenvalue weighted by atomic mass is 16.2. The third-order valence-corrected chi connectivity index (χ3v) is 0.795. The van der Waals surface area contributed by atoms with Gasteiger partial charge >= 0.3 is 12.1 Å². The Morgan fingerprint density at radius 2 is 1.62 bits per heavy atom. The topological polar surface area (TPSA) is 62.1 Å². The molecule has 1 rings (SSSR count). The van der Waals surface area contributed by atoms with E-state index in [1.54, 1.807) is 0 Å². The molecule has 1 heterocycles. The molecule has 1 aliphatic heterocycles. The summed E-state index contributed by atoms with van der Waals surface area (Å²) in [5.74, 6) is 0. The monoisotopic (exact) mass is 113 g/mol. The fourth-order valence-electron chi connectivity index (χ4n) is 0.302. The lowest BCUT2D eigenvalue weighted by Gasteiger charge is -1.96. The predicted molar refractivity (Wildman–Crippen MR) is 23.4 cm³/mol. The van der Waals surface area contributed by atoms with Crippen LogP contribution in [0.2, 0.25) is 0 Å². The second-order valence-corrected chi connectivity index (χ2v) is 1.32. The maximum atomic E-state index is 10.2. The molecule has 1 aliphatic rings. The minimum atomic E-state index is -0.602. The van der Waals surface area contributed by atoms with E-state index in [0.29, 0.717) is 0 Å². The van der Waals surface area contributed by atoms with Crippen molar-refractivity contribution in [3.63, 3.8) is 0 Å². The van der Waals surface area contributed by atoms with Crippen LogP contribution >= 0.6 is 0 Å². The van der Waals surface area contributed by atoms with Crippen LogP contribution in [0, 0.1) is 0 Å². The second-order valence-electron chi connectivity index (χ2n) is 1.32. The number of hydrogen-bond acceptors (Lipinski definition) is 2. The summed E-state index contributed by atoms with van der Waals surface area (Å²) < 4.78 is 0. The van der Waals surface area contributed by atoms with Crippen LogP contribution < -0.4 is 0 Å².